The highest BCUT2D eigenvalue weighted by Gasteiger charge is 2.35. The molecule has 0 radical (unpaired) electrons. The highest BCUT2D eigenvalue weighted by atomic mass is 35.5. The van der Waals surface area contributed by atoms with Crippen molar-refractivity contribution in [3.63, 3.8) is 0 Å². The van der Waals surface area contributed by atoms with Crippen LogP contribution in [0.3, 0.4) is 0 Å². The molecule has 1 heterocycles. The Labute approximate surface area is 210 Å². The Hall–Kier alpha value is -2.78. The SMILES string of the molecule is COC(=O)C(NC(=O)c1ccc2sc(Cl)c(C)c2c1OCc1ccc(C(F)(F)F)cc1)C(C)(C)C. The topological polar surface area (TPSA) is 64.6 Å². The predicted molar refractivity (Wildman–Crippen MR) is 130 cm³/mol. The second kappa shape index (κ2) is 10.1. The number of hydrogen-bond donors (Lipinski definition) is 1. The van der Waals surface area contributed by atoms with Crippen LogP contribution < -0.4 is 10.1 Å². The van der Waals surface area contributed by atoms with Gasteiger partial charge in [0, 0.05) is 10.1 Å². The number of esters is 1. The first-order valence-electron chi connectivity index (χ1n) is 10.6. The smallest absolute Gasteiger partial charge is 0.416 e. The summed E-state index contributed by atoms with van der Waals surface area (Å²) >= 11 is 7.65. The maximum absolute atomic E-state index is 13.3. The molecule has 1 amide bonds. The quantitative estimate of drug-likeness (QED) is 0.359. The molecule has 0 fully saturated rings. The van der Waals surface area contributed by atoms with Crippen molar-refractivity contribution in [2.75, 3.05) is 7.11 Å². The largest absolute Gasteiger partial charge is 0.487 e. The third kappa shape index (κ3) is 5.90. The van der Waals surface area contributed by atoms with Gasteiger partial charge in [-0.2, -0.15) is 13.2 Å². The summed E-state index contributed by atoms with van der Waals surface area (Å²) in [5.41, 5.74) is -0.0259. The molecule has 1 unspecified atom stereocenters. The second-order valence-electron chi connectivity index (χ2n) is 9.10. The van der Waals surface area contributed by atoms with Crippen molar-refractivity contribution in [1.82, 2.24) is 5.32 Å². The lowest BCUT2D eigenvalue weighted by atomic mass is 9.86. The van der Waals surface area contributed by atoms with Gasteiger partial charge in [0.1, 0.15) is 18.4 Å². The Bertz CT molecular complexity index is 1250. The van der Waals surface area contributed by atoms with Crippen LogP contribution in [0.4, 0.5) is 13.2 Å². The third-order valence-electron chi connectivity index (χ3n) is 5.48. The number of thiophene rings is 1. The van der Waals surface area contributed by atoms with Gasteiger partial charge in [-0.25, -0.2) is 4.79 Å². The molecule has 2 aromatic carbocycles. The molecule has 1 atom stereocenters. The number of rotatable bonds is 6. The van der Waals surface area contributed by atoms with Gasteiger partial charge in [-0.1, -0.05) is 44.5 Å². The fourth-order valence-corrected chi connectivity index (χ4v) is 4.78. The molecule has 5 nitrogen and oxygen atoms in total. The van der Waals surface area contributed by atoms with Crippen LogP contribution in [-0.4, -0.2) is 25.0 Å². The van der Waals surface area contributed by atoms with Crippen molar-refractivity contribution in [3.05, 3.63) is 63.0 Å². The molecule has 188 valence electrons. The number of alkyl halides is 3. The van der Waals surface area contributed by atoms with Gasteiger partial charge in [-0.05, 0) is 47.7 Å². The molecule has 0 saturated carbocycles. The summed E-state index contributed by atoms with van der Waals surface area (Å²) in [6, 6.07) is 6.98. The van der Waals surface area contributed by atoms with Crippen LogP contribution in [0.5, 0.6) is 5.75 Å². The molecule has 0 spiro atoms. The van der Waals surface area contributed by atoms with E-state index in [9.17, 15) is 22.8 Å². The fraction of sp³-hybridized carbons (Fsp3) is 0.360. The number of methoxy groups -OCH3 is 1. The Balaban J connectivity index is 1.99. The van der Waals surface area contributed by atoms with Crippen LogP contribution in [0.15, 0.2) is 36.4 Å². The molecule has 3 aromatic rings. The minimum atomic E-state index is -4.44. The van der Waals surface area contributed by atoms with Gasteiger partial charge in [-0.15, -0.1) is 11.3 Å². The number of hydrogen-bond acceptors (Lipinski definition) is 5. The molecule has 0 aliphatic heterocycles. The molecule has 1 aromatic heterocycles. The second-order valence-corrected chi connectivity index (χ2v) is 10.7. The van der Waals surface area contributed by atoms with Crippen LogP contribution >= 0.6 is 22.9 Å². The standard InChI is InChI=1S/C25H25ClF3NO4S/c1-13-18-17(35-21(13)26)11-10-16(22(31)30-20(23(32)33-5)24(2,3)4)19(18)34-12-14-6-8-15(9-7-14)25(27,28)29/h6-11,20H,12H2,1-5H3,(H,30,31). The van der Waals surface area contributed by atoms with E-state index in [1.807, 2.05) is 0 Å². The van der Waals surface area contributed by atoms with E-state index in [1.165, 1.54) is 30.6 Å². The fourth-order valence-electron chi connectivity index (χ4n) is 3.51. The Morgan fingerprint density at radius 2 is 1.71 bits per heavy atom. The molecule has 0 aliphatic carbocycles. The number of fused-ring (bicyclic) bond motifs is 1. The van der Waals surface area contributed by atoms with Gasteiger partial charge in [0.2, 0.25) is 0 Å². The highest BCUT2D eigenvalue weighted by Crippen LogP contribution is 2.42. The average Bonchev–Trinajstić information content (AvgIpc) is 3.07. The lowest BCUT2D eigenvalue weighted by Gasteiger charge is -2.29. The Morgan fingerprint density at radius 1 is 1.09 bits per heavy atom. The summed E-state index contributed by atoms with van der Waals surface area (Å²) in [7, 11) is 1.24. The molecule has 0 bridgehead atoms. The zero-order valence-electron chi connectivity index (χ0n) is 19.8. The summed E-state index contributed by atoms with van der Waals surface area (Å²) in [6.07, 6.45) is -4.44. The Kier molecular flexibility index (Phi) is 7.71. The van der Waals surface area contributed by atoms with Crippen LogP contribution in [0.1, 0.15) is 47.8 Å². The lowest BCUT2D eigenvalue weighted by molar-refractivity contribution is -0.145. The maximum Gasteiger partial charge on any atom is 0.416 e. The van der Waals surface area contributed by atoms with E-state index in [0.29, 0.717) is 20.8 Å². The van der Waals surface area contributed by atoms with Crippen molar-refractivity contribution in [2.24, 2.45) is 5.41 Å². The molecule has 10 heteroatoms. The molecule has 35 heavy (non-hydrogen) atoms. The zero-order valence-corrected chi connectivity index (χ0v) is 21.4. The summed E-state index contributed by atoms with van der Waals surface area (Å²) in [5, 5.41) is 3.36. The summed E-state index contributed by atoms with van der Waals surface area (Å²) in [4.78, 5) is 25.6. The van der Waals surface area contributed by atoms with Crippen molar-refractivity contribution in [3.8, 4) is 5.75 Å². The summed E-state index contributed by atoms with van der Waals surface area (Å²) in [6.45, 7) is 7.10. The van der Waals surface area contributed by atoms with E-state index in [2.05, 4.69) is 5.32 Å². The number of amides is 1. The summed E-state index contributed by atoms with van der Waals surface area (Å²) < 4.78 is 50.8. The number of nitrogens with one attached hydrogen (secondary N) is 1. The zero-order chi connectivity index (χ0) is 26.1. The van der Waals surface area contributed by atoms with E-state index in [1.54, 1.807) is 39.8 Å². The Morgan fingerprint density at radius 3 is 2.26 bits per heavy atom. The van der Waals surface area contributed by atoms with Crippen molar-refractivity contribution >= 4 is 44.9 Å². The van der Waals surface area contributed by atoms with Gasteiger partial charge in [0.15, 0.2) is 0 Å². The number of ether oxygens (including phenoxy) is 2. The van der Waals surface area contributed by atoms with E-state index >= 15 is 0 Å². The van der Waals surface area contributed by atoms with Gasteiger partial charge in [0.25, 0.3) is 5.91 Å². The summed E-state index contributed by atoms with van der Waals surface area (Å²) in [5.74, 6) is -0.909. The number of carbonyl (C=O) groups excluding carboxylic acids is 2. The number of aryl methyl sites for hydroxylation is 1. The van der Waals surface area contributed by atoms with Gasteiger partial charge in [-0.3, -0.25) is 4.79 Å². The first-order valence-corrected chi connectivity index (χ1v) is 11.8. The maximum atomic E-state index is 13.3. The predicted octanol–water partition coefficient (Wildman–Crippen LogP) is 6.78. The molecule has 0 aliphatic rings. The van der Waals surface area contributed by atoms with E-state index < -0.39 is 35.1 Å². The molecule has 0 saturated heterocycles. The van der Waals surface area contributed by atoms with Crippen molar-refractivity contribution in [2.45, 2.75) is 46.5 Å². The van der Waals surface area contributed by atoms with E-state index in [0.717, 1.165) is 16.8 Å². The van der Waals surface area contributed by atoms with Gasteiger partial charge >= 0.3 is 12.1 Å². The van der Waals surface area contributed by atoms with Gasteiger partial charge in [0.05, 0.1) is 22.6 Å². The normalized spacial score (nSPS) is 12.9. The first-order chi connectivity index (χ1) is 16.2. The number of carbonyl (C=O) groups is 2. The van der Waals surface area contributed by atoms with E-state index in [4.69, 9.17) is 21.1 Å². The molecular formula is C25H25ClF3NO4S. The van der Waals surface area contributed by atoms with Crippen LogP contribution in [-0.2, 0) is 22.3 Å². The number of benzene rings is 2. The molecular weight excluding hydrogens is 503 g/mol. The lowest BCUT2D eigenvalue weighted by Crippen LogP contribution is -2.49. The van der Waals surface area contributed by atoms with Crippen LogP contribution in [0.25, 0.3) is 10.1 Å². The minimum absolute atomic E-state index is 0.0792. The third-order valence-corrected chi connectivity index (χ3v) is 7.04. The van der Waals surface area contributed by atoms with Gasteiger partial charge < -0.3 is 14.8 Å². The molecule has 3 rings (SSSR count). The van der Waals surface area contributed by atoms with Crippen LogP contribution in [0.2, 0.25) is 4.34 Å². The average molecular weight is 528 g/mol. The van der Waals surface area contributed by atoms with Crippen LogP contribution in [0, 0.1) is 12.3 Å². The molecule has 1 N–H and O–H groups in total. The minimum Gasteiger partial charge on any atom is -0.487 e. The highest BCUT2D eigenvalue weighted by molar-refractivity contribution is 7.23. The van der Waals surface area contributed by atoms with Crippen molar-refractivity contribution in [1.29, 1.82) is 0 Å². The van der Waals surface area contributed by atoms with Crippen molar-refractivity contribution < 1.29 is 32.2 Å². The number of halogens is 4. The van der Waals surface area contributed by atoms with E-state index in [-0.39, 0.29) is 17.9 Å². The first kappa shape index (κ1) is 26.8. The monoisotopic (exact) mass is 527 g/mol.